The van der Waals surface area contributed by atoms with E-state index in [2.05, 4.69) is 16.6 Å². The number of nitrogens with one attached hydrogen (secondary N) is 2. The maximum atomic E-state index is 12.7. The molecule has 0 fully saturated rings. The number of hydrogen-bond acceptors (Lipinski definition) is 3. The molecule has 0 aliphatic heterocycles. The van der Waals surface area contributed by atoms with Crippen LogP contribution in [0.1, 0.15) is 5.56 Å². The molecule has 0 bridgehead atoms. The molecular formula is C16H15FN2O3S. The van der Waals surface area contributed by atoms with Gasteiger partial charge >= 0.3 is 0 Å². The Hall–Kier alpha value is -2.67. The lowest BCUT2D eigenvalue weighted by atomic mass is 10.2. The number of rotatable bonds is 6. The SMILES string of the molecule is C=C(F)C(=O)Nc1cccc(NS(=O)(=O)Cc2ccccc2)c1. The van der Waals surface area contributed by atoms with Crippen LogP contribution in [0.4, 0.5) is 15.8 Å². The van der Waals surface area contributed by atoms with Gasteiger partial charge in [-0.3, -0.25) is 9.52 Å². The van der Waals surface area contributed by atoms with Crippen LogP contribution < -0.4 is 10.0 Å². The van der Waals surface area contributed by atoms with Crippen LogP contribution >= 0.6 is 0 Å². The molecule has 2 N–H and O–H groups in total. The van der Waals surface area contributed by atoms with Gasteiger partial charge in [-0.2, -0.15) is 0 Å². The summed E-state index contributed by atoms with van der Waals surface area (Å²) in [6, 6.07) is 14.7. The van der Waals surface area contributed by atoms with Crippen LogP contribution in [0.15, 0.2) is 67.0 Å². The van der Waals surface area contributed by atoms with Crippen molar-refractivity contribution in [2.45, 2.75) is 5.75 Å². The molecule has 23 heavy (non-hydrogen) atoms. The summed E-state index contributed by atoms with van der Waals surface area (Å²) in [5, 5.41) is 2.27. The highest BCUT2D eigenvalue weighted by Crippen LogP contribution is 2.18. The zero-order valence-corrected chi connectivity index (χ0v) is 12.9. The summed E-state index contributed by atoms with van der Waals surface area (Å²) in [5.74, 6) is -2.28. The molecule has 0 heterocycles. The molecule has 5 nitrogen and oxygen atoms in total. The van der Waals surface area contributed by atoms with Crippen LogP contribution in [-0.4, -0.2) is 14.3 Å². The Morgan fingerprint density at radius 3 is 2.35 bits per heavy atom. The Kier molecular flexibility index (Phi) is 5.13. The van der Waals surface area contributed by atoms with E-state index < -0.39 is 21.8 Å². The first-order valence-corrected chi connectivity index (χ1v) is 8.31. The van der Waals surface area contributed by atoms with Crippen molar-refractivity contribution in [1.82, 2.24) is 0 Å². The van der Waals surface area contributed by atoms with E-state index in [1.165, 1.54) is 24.3 Å². The molecular weight excluding hydrogens is 319 g/mol. The van der Waals surface area contributed by atoms with Crippen molar-refractivity contribution in [2.24, 2.45) is 0 Å². The maximum absolute atomic E-state index is 12.7. The van der Waals surface area contributed by atoms with Crippen molar-refractivity contribution in [3.63, 3.8) is 0 Å². The monoisotopic (exact) mass is 334 g/mol. The zero-order valence-electron chi connectivity index (χ0n) is 12.1. The molecule has 1 amide bonds. The van der Waals surface area contributed by atoms with Crippen LogP contribution in [0.5, 0.6) is 0 Å². The molecule has 0 atom stereocenters. The minimum absolute atomic E-state index is 0.175. The molecule has 0 spiro atoms. The van der Waals surface area contributed by atoms with E-state index in [1.807, 2.05) is 0 Å². The van der Waals surface area contributed by atoms with E-state index in [4.69, 9.17) is 0 Å². The second-order valence-electron chi connectivity index (χ2n) is 4.79. The summed E-state index contributed by atoms with van der Waals surface area (Å²) in [4.78, 5) is 11.2. The third kappa shape index (κ3) is 5.23. The summed E-state index contributed by atoms with van der Waals surface area (Å²) in [6.45, 7) is 2.89. The van der Waals surface area contributed by atoms with E-state index in [1.54, 1.807) is 30.3 Å². The molecule has 120 valence electrons. The average Bonchev–Trinajstić information content (AvgIpc) is 2.47. The number of amides is 1. The van der Waals surface area contributed by atoms with E-state index in [0.29, 0.717) is 5.56 Å². The first kappa shape index (κ1) is 16.7. The van der Waals surface area contributed by atoms with E-state index in [-0.39, 0.29) is 17.1 Å². The quantitative estimate of drug-likeness (QED) is 0.797. The van der Waals surface area contributed by atoms with Gasteiger partial charge in [0.25, 0.3) is 5.91 Å². The Balaban J connectivity index is 2.10. The van der Waals surface area contributed by atoms with Gasteiger partial charge in [0.1, 0.15) is 0 Å². The Morgan fingerprint density at radius 1 is 1.04 bits per heavy atom. The van der Waals surface area contributed by atoms with Gasteiger partial charge in [-0.25, -0.2) is 12.8 Å². The fourth-order valence-corrected chi connectivity index (χ4v) is 3.06. The van der Waals surface area contributed by atoms with Gasteiger partial charge in [0.2, 0.25) is 10.0 Å². The van der Waals surface area contributed by atoms with Crippen molar-refractivity contribution < 1.29 is 17.6 Å². The third-order valence-electron chi connectivity index (χ3n) is 2.84. The molecule has 0 saturated heterocycles. The van der Waals surface area contributed by atoms with Gasteiger partial charge in [0, 0.05) is 5.69 Å². The molecule has 0 aromatic heterocycles. The number of carbonyl (C=O) groups excluding carboxylic acids is 1. The number of anilines is 2. The average molecular weight is 334 g/mol. The van der Waals surface area contributed by atoms with Crippen molar-refractivity contribution >= 4 is 27.3 Å². The lowest BCUT2D eigenvalue weighted by molar-refractivity contribution is -0.114. The number of hydrogen-bond donors (Lipinski definition) is 2. The summed E-state index contributed by atoms with van der Waals surface area (Å²) >= 11 is 0. The fraction of sp³-hybridized carbons (Fsp3) is 0.0625. The minimum atomic E-state index is -3.60. The zero-order chi connectivity index (χ0) is 16.9. The second-order valence-corrected chi connectivity index (χ2v) is 6.51. The predicted molar refractivity (Wildman–Crippen MR) is 88.0 cm³/mol. The summed E-state index contributed by atoms with van der Waals surface area (Å²) in [5.41, 5.74) is 1.18. The minimum Gasteiger partial charge on any atom is -0.320 e. The third-order valence-corrected chi connectivity index (χ3v) is 4.10. The topological polar surface area (TPSA) is 75.3 Å². The largest absolute Gasteiger partial charge is 0.320 e. The Morgan fingerprint density at radius 2 is 1.70 bits per heavy atom. The van der Waals surface area contributed by atoms with Crippen molar-refractivity contribution in [1.29, 1.82) is 0 Å². The lowest BCUT2D eigenvalue weighted by Crippen LogP contribution is -2.15. The second kappa shape index (κ2) is 7.06. The molecule has 0 unspecified atom stereocenters. The van der Waals surface area contributed by atoms with Crippen molar-refractivity contribution in [2.75, 3.05) is 10.0 Å². The number of halogens is 1. The number of benzene rings is 2. The molecule has 2 aromatic carbocycles. The highest BCUT2D eigenvalue weighted by atomic mass is 32.2. The van der Waals surface area contributed by atoms with E-state index >= 15 is 0 Å². The smallest absolute Gasteiger partial charge is 0.283 e. The number of carbonyl (C=O) groups is 1. The van der Waals surface area contributed by atoms with Crippen molar-refractivity contribution in [3.8, 4) is 0 Å². The Bertz CT molecular complexity index is 820. The standard InChI is InChI=1S/C16H15FN2O3S/c1-12(17)16(20)18-14-8-5-9-15(10-14)19-23(21,22)11-13-6-3-2-4-7-13/h2-10,19H,1,11H2,(H,18,20). The first-order valence-electron chi connectivity index (χ1n) is 6.66. The molecule has 0 aliphatic rings. The normalized spacial score (nSPS) is 10.8. The van der Waals surface area contributed by atoms with Gasteiger partial charge in [0.15, 0.2) is 5.83 Å². The van der Waals surface area contributed by atoms with Gasteiger partial charge in [-0.05, 0) is 23.8 Å². The van der Waals surface area contributed by atoms with E-state index in [0.717, 1.165) is 0 Å². The summed E-state index contributed by atoms with van der Waals surface area (Å²) in [7, 11) is -3.60. The fourth-order valence-electron chi connectivity index (χ4n) is 1.87. The Labute approximate surface area is 133 Å². The van der Waals surface area contributed by atoms with Crippen LogP contribution in [0.2, 0.25) is 0 Å². The highest BCUT2D eigenvalue weighted by Gasteiger charge is 2.12. The molecule has 0 aliphatic carbocycles. The molecule has 2 aromatic rings. The van der Waals surface area contributed by atoms with Gasteiger partial charge in [-0.1, -0.05) is 43.0 Å². The van der Waals surface area contributed by atoms with E-state index in [9.17, 15) is 17.6 Å². The van der Waals surface area contributed by atoms with Gasteiger partial charge in [0.05, 0.1) is 11.4 Å². The molecule has 0 radical (unpaired) electrons. The highest BCUT2D eigenvalue weighted by molar-refractivity contribution is 7.91. The lowest BCUT2D eigenvalue weighted by Gasteiger charge is -2.10. The molecule has 0 saturated carbocycles. The molecule has 2 rings (SSSR count). The van der Waals surface area contributed by atoms with Crippen LogP contribution in [0.3, 0.4) is 0 Å². The predicted octanol–water partition coefficient (Wildman–Crippen LogP) is 3.05. The first-order chi connectivity index (χ1) is 10.9. The van der Waals surface area contributed by atoms with Gasteiger partial charge in [-0.15, -0.1) is 0 Å². The van der Waals surface area contributed by atoms with Crippen LogP contribution in [-0.2, 0) is 20.6 Å². The van der Waals surface area contributed by atoms with Crippen LogP contribution in [0.25, 0.3) is 0 Å². The maximum Gasteiger partial charge on any atom is 0.283 e. The number of sulfonamides is 1. The summed E-state index contributed by atoms with van der Waals surface area (Å²) < 4.78 is 39.4. The van der Waals surface area contributed by atoms with Crippen LogP contribution in [0, 0.1) is 0 Å². The van der Waals surface area contributed by atoms with Crippen molar-refractivity contribution in [3.05, 3.63) is 72.6 Å². The van der Waals surface area contributed by atoms with Gasteiger partial charge < -0.3 is 5.32 Å². The molecule has 7 heteroatoms. The summed E-state index contributed by atoms with van der Waals surface area (Å²) in [6.07, 6.45) is 0.